The van der Waals surface area contributed by atoms with E-state index in [-0.39, 0.29) is 12.3 Å². The summed E-state index contributed by atoms with van der Waals surface area (Å²) < 4.78 is 94.1. The highest BCUT2D eigenvalue weighted by Crippen LogP contribution is 2.44. The number of halogens is 8. The zero-order chi connectivity index (χ0) is 20.3. The fourth-order valence-corrected chi connectivity index (χ4v) is 2.78. The van der Waals surface area contributed by atoms with Crippen LogP contribution in [0, 0.1) is 5.41 Å². The monoisotopic (exact) mass is 416 g/mol. The number of rotatable bonds is 7. The molecule has 0 N–H and O–H groups in total. The Bertz CT molecular complexity index is 697. The molecule has 0 saturated heterocycles. The molecule has 0 fully saturated rings. The van der Waals surface area contributed by atoms with Crippen molar-refractivity contribution in [1.29, 1.82) is 0 Å². The summed E-state index contributed by atoms with van der Waals surface area (Å²) in [4.78, 5) is 0. The van der Waals surface area contributed by atoms with Crippen LogP contribution in [0.2, 0.25) is 0 Å². The summed E-state index contributed by atoms with van der Waals surface area (Å²) in [7, 11) is 0. The Morgan fingerprint density at radius 1 is 1.00 bits per heavy atom. The zero-order valence-corrected chi connectivity index (χ0v) is 14.6. The van der Waals surface area contributed by atoms with Crippen molar-refractivity contribution in [3.05, 3.63) is 54.1 Å². The van der Waals surface area contributed by atoms with Crippen molar-refractivity contribution < 1.29 is 35.5 Å². The van der Waals surface area contributed by atoms with Crippen LogP contribution in [0.4, 0.5) is 30.7 Å². The van der Waals surface area contributed by atoms with Gasteiger partial charge in [0.1, 0.15) is 6.42 Å². The summed E-state index contributed by atoms with van der Waals surface area (Å²) in [6, 6.07) is 9.08. The summed E-state index contributed by atoms with van der Waals surface area (Å²) in [5.74, 6) is -5.62. The molecule has 0 saturated carbocycles. The molecule has 0 radical (unpaired) electrons. The Morgan fingerprint density at radius 2 is 1.63 bits per heavy atom. The zero-order valence-electron chi connectivity index (χ0n) is 13.9. The van der Waals surface area contributed by atoms with Crippen LogP contribution < -0.4 is 0 Å². The standard InChI is InChI=1S/C18H16ClF7O/c19-11-15(8-6-14(7-9-15)13-4-2-1-3-5-13)12-27-18(25,26)16(20,21)10-17(22,23)24/h1-8H,9-12H2. The van der Waals surface area contributed by atoms with E-state index in [0.29, 0.717) is 0 Å². The van der Waals surface area contributed by atoms with Crippen molar-refractivity contribution >= 4 is 17.2 Å². The van der Waals surface area contributed by atoms with Crippen LogP contribution in [0.1, 0.15) is 18.4 Å². The maximum Gasteiger partial charge on any atom is 0.419 e. The molecule has 1 nitrogen and oxygen atoms in total. The van der Waals surface area contributed by atoms with Gasteiger partial charge in [0.25, 0.3) is 0 Å². The first-order chi connectivity index (χ1) is 12.4. The van der Waals surface area contributed by atoms with E-state index in [4.69, 9.17) is 11.6 Å². The molecule has 0 aliphatic heterocycles. The molecule has 1 unspecified atom stereocenters. The predicted octanol–water partition coefficient (Wildman–Crippen LogP) is 6.45. The highest BCUT2D eigenvalue weighted by Gasteiger charge is 2.63. The molecule has 1 aromatic carbocycles. The van der Waals surface area contributed by atoms with Crippen molar-refractivity contribution in [3.63, 3.8) is 0 Å². The van der Waals surface area contributed by atoms with Gasteiger partial charge in [-0.15, -0.1) is 11.6 Å². The number of hydrogen-bond donors (Lipinski definition) is 0. The van der Waals surface area contributed by atoms with Gasteiger partial charge in [-0.05, 0) is 17.6 Å². The highest BCUT2D eigenvalue weighted by molar-refractivity contribution is 6.18. The maximum absolute atomic E-state index is 13.6. The first-order valence-electron chi connectivity index (χ1n) is 7.87. The van der Waals surface area contributed by atoms with Crippen molar-refractivity contribution in [3.8, 4) is 0 Å². The minimum Gasteiger partial charge on any atom is -0.315 e. The number of ether oxygens (including phenoxy) is 1. The maximum atomic E-state index is 13.6. The molecule has 1 aliphatic rings. The van der Waals surface area contributed by atoms with Gasteiger partial charge in [-0.3, -0.25) is 0 Å². The van der Waals surface area contributed by atoms with E-state index in [1.165, 1.54) is 6.08 Å². The van der Waals surface area contributed by atoms with Gasteiger partial charge in [0.05, 0.1) is 6.61 Å². The van der Waals surface area contributed by atoms with Crippen LogP contribution >= 0.6 is 11.6 Å². The molecule has 150 valence electrons. The molecule has 0 aromatic heterocycles. The Hall–Kier alpha value is -1.54. The molecule has 9 heteroatoms. The molecule has 1 aliphatic carbocycles. The summed E-state index contributed by atoms with van der Waals surface area (Å²) >= 11 is 5.81. The van der Waals surface area contributed by atoms with E-state index < -0.39 is 36.7 Å². The molecule has 0 heterocycles. The summed E-state index contributed by atoms with van der Waals surface area (Å²) in [6.45, 7) is -0.952. The average Bonchev–Trinajstić information content (AvgIpc) is 2.59. The van der Waals surface area contributed by atoms with Gasteiger partial charge in [0.2, 0.25) is 0 Å². The second kappa shape index (κ2) is 7.83. The Kier molecular flexibility index (Phi) is 6.31. The second-order valence-corrected chi connectivity index (χ2v) is 6.63. The Balaban J connectivity index is 2.07. The van der Waals surface area contributed by atoms with Gasteiger partial charge in [0.15, 0.2) is 0 Å². The van der Waals surface area contributed by atoms with Crippen LogP contribution in [-0.2, 0) is 4.74 Å². The Labute approximate surface area is 156 Å². The third-order valence-corrected chi connectivity index (χ3v) is 4.64. The van der Waals surface area contributed by atoms with Crippen molar-refractivity contribution in [2.24, 2.45) is 5.41 Å². The van der Waals surface area contributed by atoms with Crippen molar-refractivity contribution in [1.82, 2.24) is 0 Å². The van der Waals surface area contributed by atoms with Gasteiger partial charge in [0, 0.05) is 11.3 Å². The minimum absolute atomic E-state index is 0.109. The lowest BCUT2D eigenvalue weighted by molar-refractivity contribution is -0.369. The molecule has 1 atom stereocenters. The molecular formula is C18H16ClF7O. The summed E-state index contributed by atoms with van der Waals surface area (Å²) in [5.41, 5.74) is 0.419. The molecule has 1 aromatic rings. The molecular weight excluding hydrogens is 401 g/mol. The number of allylic oxidation sites excluding steroid dienone is 3. The van der Waals surface area contributed by atoms with E-state index >= 15 is 0 Å². The lowest BCUT2D eigenvalue weighted by Crippen LogP contribution is -2.47. The topological polar surface area (TPSA) is 9.23 Å². The molecule has 2 rings (SSSR count). The molecule has 0 amide bonds. The van der Waals surface area contributed by atoms with Gasteiger partial charge < -0.3 is 4.74 Å². The van der Waals surface area contributed by atoms with Gasteiger partial charge >= 0.3 is 18.2 Å². The largest absolute Gasteiger partial charge is 0.419 e. The van der Waals surface area contributed by atoms with Gasteiger partial charge in [-0.1, -0.05) is 48.6 Å². The van der Waals surface area contributed by atoms with E-state index in [9.17, 15) is 30.7 Å². The third kappa shape index (κ3) is 5.48. The lowest BCUT2D eigenvalue weighted by atomic mass is 9.81. The van der Waals surface area contributed by atoms with E-state index in [2.05, 4.69) is 4.74 Å². The van der Waals surface area contributed by atoms with Crippen LogP contribution in [0.5, 0.6) is 0 Å². The van der Waals surface area contributed by atoms with E-state index in [1.807, 2.05) is 18.2 Å². The van der Waals surface area contributed by atoms with Crippen LogP contribution in [-0.4, -0.2) is 30.7 Å². The molecule has 0 bridgehead atoms. The third-order valence-electron chi connectivity index (χ3n) is 4.11. The minimum atomic E-state index is -5.46. The van der Waals surface area contributed by atoms with E-state index in [1.54, 1.807) is 24.3 Å². The lowest BCUT2D eigenvalue weighted by Gasteiger charge is -2.34. The molecule has 0 spiro atoms. The highest BCUT2D eigenvalue weighted by atomic mass is 35.5. The van der Waals surface area contributed by atoms with Gasteiger partial charge in [-0.2, -0.15) is 30.7 Å². The number of alkyl halides is 8. The van der Waals surface area contributed by atoms with Crippen LogP contribution in [0.25, 0.3) is 5.57 Å². The Morgan fingerprint density at radius 3 is 2.11 bits per heavy atom. The predicted molar refractivity (Wildman–Crippen MR) is 87.8 cm³/mol. The first kappa shape index (κ1) is 21.8. The molecule has 27 heavy (non-hydrogen) atoms. The number of benzene rings is 1. The second-order valence-electron chi connectivity index (χ2n) is 6.36. The van der Waals surface area contributed by atoms with Gasteiger partial charge in [-0.25, -0.2) is 0 Å². The fraction of sp³-hybridized carbons (Fsp3) is 0.444. The first-order valence-corrected chi connectivity index (χ1v) is 8.40. The quantitative estimate of drug-likeness (QED) is 0.366. The summed E-state index contributed by atoms with van der Waals surface area (Å²) in [5, 5.41) is 0. The SMILES string of the molecule is FC(F)(F)CC(F)(F)C(F)(F)OCC1(CCl)C=CC(c2ccccc2)=CC1. The summed E-state index contributed by atoms with van der Waals surface area (Å²) in [6.07, 6.45) is -8.87. The smallest absolute Gasteiger partial charge is 0.315 e. The average molecular weight is 417 g/mol. The van der Waals surface area contributed by atoms with E-state index in [0.717, 1.165) is 11.1 Å². The number of hydrogen-bond acceptors (Lipinski definition) is 1. The van der Waals surface area contributed by atoms with Crippen LogP contribution in [0.15, 0.2) is 48.6 Å². The van der Waals surface area contributed by atoms with Crippen molar-refractivity contribution in [2.75, 3.05) is 12.5 Å². The fourth-order valence-electron chi connectivity index (χ4n) is 2.50. The van der Waals surface area contributed by atoms with Crippen LogP contribution in [0.3, 0.4) is 0 Å². The van der Waals surface area contributed by atoms with Crippen molar-refractivity contribution in [2.45, 2.75) is 31.0 Å². The normalized spacial score (nSPS) is 21.3.